The lowest BCUT2D eigenvalue weighted by Gasteiger charge is -2.35. The summed E-state index contributed by atoms with van der Waals surface area (Å²) in [6.07, 6.45) is 0.505. The molecule has 136 valence electrons. The van der Waals surface area contributed by atoms with Crippen molar-refractivity contribution in [3.8, 4) is 0 Å². The summed E-state index contributed by atoms with van der Waals surface area (Å²) in [5, 5.41) is 0.645. The molecule has 4 nitrogen and oxygen atoms in total. The molecule has 0 unspecified atom stereocenters. The first-order valence-electron chi connectivity index (χ1n) is 8.56. The molecule has 1 saturated heterocycles. The van der Waals surface area contributed by atoms with Gasteiger partial charge in [-0.1, -0.05) is 35.9 Å². The maximum atomic E-state index is 13.2. The van der Waals surface area contributed by atoms with Crippen LogP contribution in [0.5, 0.6) is 0 Å². The van der Waals surface area contributed by atoms with Crippen molar-refractivity contribution in [2.24, 2.45) is 0 Å². The standard InChI is InChI=1S/C20H20ClFN2O2/c21-17-6-4-15(5-7-17)13-19(25)23-8-10-24(11-9-23)20(26)14-16-2-1-3-18(22)12-16/h1-7,12H,8-11,13-14H2. The van der Waals surface area contributed by atoms with E-state index in [1.165, 1.54) is 12.1 Å². The Labute approximate surface area is 157 Å². The maximum absolute atomic E-state index is 13.2. The molecule has 0 aliphatic carbocycles. The topological polar surface area (TPSA) is 40.6 Å². The molecular formula is C20H20ClFN2O2. The van der Waals surface area contributed by atoms with E-state index < -0.39 is 0 Å². The molecular weight excluding hydrogens is 355 g/mol. The molecule has 1 aliphatic heterocycles. The van der Waals surface area contributed by atoms with Crippen LogP contribution in [0.15, 0.2) is 48.5 Å². The molecule has 1 aliphatic rings. The van der Waals surface area contributed by atoms with Crippen LogP contribution in [0.1, 0.15) is 11.1 Å². The van der Waals surface area contributed by atoms with Gasteiger partial charge in [0.1, 0.15) is 5.82 Å². The smallest absolute Gasteiger partial charge is 0.227 e. The first-order chi connectivity index (χ1) is 12.5. The molecule has 2 aromatic carbocycles. The number of piperazine rings is 1. The van der Waals surface area contributed by atoms with E-state index in [9.17, 15) is 14.0 Å². The van der Waals surface area contributed by atoms with Crippen molar-refractivity contribution in [1.82, 2.24) is 9.80 Å². The van der Waals surface area contributed by atoms with Crippen molar-refractivity contribution >= 4 is 23.4 Å². The highest BCUT2D eigenvalue weighted by Crippen LogP contribution is 2.13. The summed E-state index contributed by atoms with van der Waals surface area (Å²) >= 11 is 5.86. The molecule has 1 heterocycles. The second-order valence-corrected chi connectivity index (χ2v) is 6.81. The number of amides is 2. The van der Waals surface area contributed by atoms with Crippen LogP contribution in [0, 0.1) is 5.82 Å². The first kappa shape index (κ1) is 18.4. The molecule has 0 aromatic heterocycles. The lowest BCUT2D eigenvalue weighted by Crippen LogP contribution is -2.51. The van der Waals surface area contributed by atoms with E-state index in [0.717, 1.165) is 5.56 Å². The summed E-state index contributed by atoms with van der Waals surface area (Å²) in [5.74, 6) is -0.335. The minimum absolute atomic E-state index is 0.0413. The van der Waals surface area contributed by atoms with Gasteiger partial charge in [0.05, 0.1) is 12.8 Å². The SMILES string of the molecule is O=C(Cc1ccc(Cl)cc1)N1CCN(C(=O)Cc2cccc(F)c2)CC1. The van der Waals surface area contributed by atoms with Gasteiger partial charge in [-0.2, -0.15) is 0 Å². The third-order valence-electron chi connectivity index (χ3n) is 4.50. The highest BCUT2D eigenvalue weighted by molar-refractivity contribution is 6.30. The molecule has 6 heteroatoms. The zero-order valence-electron chi connectivity index (χ0n) is 14.3. The Kier molecular flexibility index (Phi) is 5.89. The minimum atomic E-state index is -0.340. The Balaban J connectivity index is 1.49. The van der Waals surface area contributed by atoms with Crippen LogP contribution in [-0.2, 0) is 22.4 Å². The van der Waals surface area contributed by atoms with E-state index in [0.29, 0.717) is 43.2 Å². The third kappa shape index (κ3) is 4.82. The van der Waals surface area contributed by atoms with Gasteiger partial charge in [-0.25, -0.2) is 4.39 Å². The molecule has 0 spiro atoms. The fourth-order valence-corrected chi connectivity index (χ4v) is 3.15. The van der Waals surface area contributed by atoms with Gasteiger partial charge in [-0.05, 0) is 35.4 Å². The van der Waals surface area contributed by atoms with Gasteiger partial charge in [0.25, 0.3) is 0 Å². The van der Waals surface area contributed by atoms with E-state index in [2.05, 4.69) is 0 Å². The fraction of sp³-hybridized carbons (Fsp3) is 0.300. The fourth-order valence-electron chi connectivity index (χ4n) is 3.03. The highest BCUT2D eigenvalue weighted by Gasteiger charge is 2.24. The number of nitrogens with zero attached hydrogens (tertiary/aromatic N) is 2. The summed E-state index contributed by atoms with van der Waals surface area (Å²) in [6, 6.07) is 13.3. The molecule has 2 amide bonds. The number of carbonyl (C=O) groups excluding carboxylic acids is 2. The minimum Gasteiger partial charge on any atom is -0.339 e. The van der Waals surface area contributed by atoms with Crippen LogP contribution in [0.3, 0.4) is 0 Å². The van der Waals surface area contributed by atoms with Crippen molar-refractivity contribution in [3.05, 3.63) is 70.5 Å². The highest BCUT2D eigenvalue weighted by atomic mass is 35.5. The molecule has 0 radical (unpaired) electrons. The summed E-state index contributed by atoms with van der Waals surface area (Å²) in [7, 11) is 0. The number of benzene rings is 2. The lowest BCUT2D eigenvalue weighted by atomic mass is 10.1. The Morgan fingerprint density at radius 2 is 1.38 bits per heavy atom. The van der Waals surface area contributed by atoms with Gasteiger partial charge in [-0.3, -0.25) is 9.59 Å². The van der Waals surface area contributed by atoms with Crippen molar-refractivity contribution in [2.75, 3.05) is 26.2 Å². The average Bonchev–Trinajstić information content (AvgIpc) is 2.64. The molecule has 2 aromatic rings. The monoisotopic (exact) mass is 374 g/mol. The summed E-state index contributed by atoms with van der Waals surface area (Å²) in [4.78, 5) is 28.3. The number of hydrogen-bond donors (Lipinski definition) is 0. The van der Waals surface area contributed by atoms with Crippen LogP contribution in [0.25, 0.3) is 0 Å². The molecule has 0 N–H and O–H groups in total. The molecule has 0 bridgehead atoms. The van der Waals surface area contributed by atoms with Crippen LogP contribution in [-0.4, -0.2) is 47.8 Å². The summed E-state index contributed by atoms with van der Waals surface area (Å²) in [6.45, 7) is 2.03. The van der Waals surface area contributed by atoms with E-state index in [1.54, 1.807) is 34.1 Å². The largest absolute Gasteiger partial charge is 0.339 e. The zero-order chi connectivity index (χ0) is 18.5. The van der Waals surface area contributed by atoms with Crippen molar-refractivity contribution in [3.63, 3.8) is 0 Å². The molecule has 0 atom stereocenters. The number of carbonyl (C=O) groups is 2. The number of halogens is 2. The van der Waals surface area contributed by atoms with Crippen molar-refractivity contribution < 1.29 is 14.0 Å². The predicted octanol–water partition coefficient (Wildman–Crippen LogP) is 2.94. The van der Waals surface area contributed by atoms with Crippen LogP contribution in [0.4, 0.5) is 4.39 Å². The van der Waals surface area contributed by atoms with Crippen molar-refractivity contribution in [1.29, 1.82) is 0 Å². The van der Waals surface area contributed by atoms with Crippen LogP contribution >= 0.6 is 11.6 Å². The van der Waals surface area contributed by atoms with Crippen LogP contribution in [0.2, 0.25) is 5.02 Å². The third-order valence-corrected chi connectivity index (χ3v) is 4.75. The van der Waals surface area contributed by atoms with E-state index >= 15 is 0 Å². The lowest BCUT2D eigenvalue weighted by molar-refractivity contribution is -0.138. The van der Waals surface area contributed by atoms with Gasteiger partial charge >= 0.3 is 0 Å². The second kappa shape index (κ2) is 8.32. The Morgan fingerprint density at radius 3 is 1.92 bits per heavy atom. The zero-order valence-corrected chi connectivity index (χ0v) is 15.1. The maximum Gasteiger partial charge on any atom is 0.227 e. The second-order valence-electron chi connectivity index (χ2n) is 6.37. The van der Waals surface area contributed by atoms with Gasteiger partial charge in [0.2, 0.25) is 11.8 Å². The van der Waals surface area contributed by atoms with E-state index in [4.69, 9.17) is 11.6 Å². The quantitative estimate of drug-likeness (QED) is 0.825. The molecule has 3 rings (SSSR count). The van der Waals surface area contributed by atoms with Crippen molar-refractivity contribution in [2.45, 2.75) is 12.8 Å². The van der Waals surface area contributed by atoms with E-state index in [1.807, 2.05) is 12.1 Å². The van der Waals surface area contributed by atoms with Gasteiger partial charge in [0.15, 0.2) is 0 Å². The first-order valence-corrected chi connectivity index (χ1v) is 8.93. The number of rotatable bonds is 4. The predicted molar refractivity (Wildman–Crippen MR) is 98.4 cm³/mol. The van der Waals surface area contributed by atoms with Crippen LogP contribution < -0.4 is 0 Å². The Hall–Kier alpha value is -2.40. The normalized spacial score (nSPS) is 14.4. The Bertz CT molecular complexity index is 787. The average molecular weight is 375 g/mol. The van der Waals surface area contributed by atoms with Gasteiger partial charge in [-0.15, -0.1) is 0 Å². The summed E-state index contributed by atoms with van der Waals surface area (Å²) in [5.41, 5.74) is 1.58. The molecule has 1 fully saturated rings. The molecule has 0 saturated carbocycles. The van der Waals surface area contributed by atoms with E-state index in [-0.39, 0.29) is 24.1 Å². The molecule has 26 heavy (non-hydrogen) atoms. The Morgan fingerprint density at radius 1 is 0.846 bits per heavy atom. The summed E-state index contributed by atoms with van der Waals surface area (Å²) < 4.78 is 13.2. The van der Waals surface area contributed by atoms with Gasteiger partial charge < -0.3 is 9.80 Å². The van der Waals surface area contributed by atoms with Gasteiger partial charge in [0, 0.05) is 31.2 Å². The number of hydrogen-bond acceptors (Lipinski definition) is 2.